The van der Waals surface area contributed by atoms with E-state index < -0.39 is 0 Å². The van der Waals surface area contributed by atoms with Gasteiger partial charge in [-0.25, -0.2) is 0 Å². The van der Waals surface area contributed by atoms with Crippen LogP contribution in [0.2, 0.25) is 0 Å². The van der Waals surface area contributed by atoms with Crippen molar-refractivity contribution in [3.63, 3.8) is 0 Å². The van der Waals surface area contributed by atoms with Crippen molar-refractivity contribution in [3.05, 3.63) is 58.1 Å². The topological polar surface area (TPSA) is 47.6 Å². The molecule has 0 aromatic heterocycles. The van der Waals surface area contributed by atoms with E-state index in [0.717, 1.165) is 28.6 Å². The lowest BCUT2D eigenvalue weighted by Crippen LogP contribution is -2.33. The maximum atomic E-state index is 12.5. The summed E-state index contributed by atoms with van der Waals surface area (Å²) in [5.74, 6) is 1.79. The van der Waals surface area contributed by atoms with E-state index >= 15 is 0 Å². The van der Waals surface area contributed by atoms with E-state index in [0.29, 0.717) is 11.7 Å². The number of benzene rings is 2. The summed E-state index contributed by atoms with van der Waals surface area (Å²) in [5.41, 5.74) is 2.28. The Bertz CT molecular complexity index is 744. The molecule has 1 atom stereocenters. The molecule has 0 fully saturated rings. The van der Waals surface area contributed by atoms with Crippen LogP contribution in [0.3, 0.4) is 0 Å². The zero-order chi connectivity index (χ0) is 19.8. The van der Waals surface area contributed by atoms with Crippen molar-refractivity contribution in [2.24, 2.45) is 5.92 Å². The molecule has 146 valence electrons. The van der Waals surface area contributed by atoms with Crippen LogP contribution in [0.5, 0.6) is 11.5 Å². The summed E-state index contributed by atoms with van der Waals surface area (Å²) in [4.78, 5) is 12.5. The smallest absolute Gasteiger partial charge is 0.258 e. The van der Waals surface area contributed by atoms with Crippen molar-refractivity contribution in [1.82, 2.24) is 5.32 Å². The van der Waals surface area contributed by atoms with Crippen LogP contribution in [0.4, 0.5) is 0 Å². The summed E-state index contributed by atoms with van der Waals surface area (Å²) in [6, 6.07) is 13.7. The highest BCUT2D eigenvalue weighted by atomic mass is 79.9. The van der Waals surface area contributed by atoms with Gasteiger partial charge < -0.3 is 14.8 Å². The Morgan fingerprint density at radius 1 is 1.15 bits per heavy atom. The number of rotatable bonds is 9. The van der Waals surface area contributed by atoms with Crippen molar-refractivity contribution in [2.75, 3.05) is 13.7 Å². The molecule has 0 spiro atoms. The lowest BCUT2D eigenvalue weighted by Gasteiger charge is -2.21. The van der Waals surface area contributed by atoms with Crippen LogP contribution in [0.25, 0.3) is 0 Å². The van der Waals surface area contributed by atoms with Gasteiger partial charge in [0.2, 0.25) is 0 Å². The Morgan fingerprint density at radius 3 is 2.41 bits per heavy atom. The molecular weight excluding hydrogens is 406 g/mol. The van der Waals surface area contributed by atoms with E-state index in [1.54, 1.807) is 7.11 Å². The highest BCUT2D eigenvalue weighted by Gasteiger charge is 2.17. The number of carbonyl (C=O) groups excluding carboxylic acids is 1. The van der Waals surface area contributed by atoms with Crippen molar-refractivity contribution in [3.8, 4) is 11.5 Å². The number of hydrogen-bond donors (Lipinski definition) is 1. The number of methoxy groups -OCH3 is 1. The molecule has 0 saturated heterocycles. The first-order chi connectivity index (χ1) is 12.9. The highest BCUT2D eigenvalue weighted by Crippen LogP contribution is 2.27. The maximum Gasteiger partial charge on any atom is 0.258 e. The lowest BCUT2D eigenvalue weighted by molar-refractivity contribution is -0.124. The normalized spacial score (nSPS) is 11.9. The predicted molar refractivity (Wildman–Crippen MR) is 112 cm³/mol. The molecule has 0 saturated carbocycles. The highest BCUT2D eigenvalue weighted by molar-refractivity contribution is 9.10. The zero-order valence-electron chi connectivity index (χ0n) is 16.4. The van der Waals surface area contributed by atoms with Crippen molar-refractivity contribution in [1.29, 1.82) is 0 Å². The summed E-state index contributed by atoms with van der Waals surface area (Å²) >= 11 is 3.50. The second kappa shape index (κ2) is 10.4. The average molecular weight is 434 g/mol. The molecule has 27 heavy (non-hydrogen) atoms. The molecule has 0 aliphatic carbocycles. The van der Waals surface area contributed by atoms with E-state index in [-0.39, 0.29) is 18.6 Å². The average Bonchev–Trinajstić information content (AvgIpc) is 2.66. The van der Waals surface area contributed by atoms with Gasteiger partial charge in [0.15, 0.2) is 6.61 Å². The standard InChI is InChI=1S/C22H28BrNO3/c1-5-16-6-11-21(19(23)13-16)27-14-22(25)24-20(12-15(2)3)17-7-9-18(26-4)10-8-17/h6-11,13,15,20H,5,12,14H2,1-4H3,(H,24,25)/t20-/m0/s1. The summed E-state index contributed by atoms with van der Waals surface area (Å²) < 4.78 is 11.8. The quantitative estimate of drug-likeness (QED) is 0.583. The van der Waals surface area contributed by atoms with Crippen LogP contribution >= 0.6 is 15.9 Å². The molecule has 0 heterocycles. The minimum atomic E-state index is -0.136. The van der Waals surface area contributed by atoms with E-state index in [9.17, 15) is 4.79 Å². The second-order valence-corrected chi connectivity index (χ2v) is 7.78. The monoisotopic (exact) mass is 433 g/mol. The molecule has 0 aliphatic heterocycles. The first kappa shape index (κ1) is 21.3. The minimum Gasteiger partial charge on any atom is -0.497 e. The number of nitrogens with one attached hydrogen (secondary N) is 1. The van der Waals surface area contributed by atoms with Gasteiger partial charge in [0.05, 0.1) is 17.6 Å². The summed E-state index contributed by atoms with van der Waals surface area (Å²) in [6.45, 7) is 6.37. The van der Waals surface area contributed by atoms with Gasteiger partial charge in [-0.1, -0.05) is 39.0 Å². The van der Waals surface area contributed by atoms with Crippen LogP contribution in [0.15, 0.2) is 46.9 Å². The van der Waals surface area contributed by atoms with Gasteiger partial charge in [0.1, 0.15) is 11.5 Å². The van der Waals surface area contributed by atoms with E-state index in [4.69, 9.17) is 9.47 Å². The van der Waals surface area contributed by atoms with Crippen LogP contribution in [-0.2, 0) is 11.2 Å². The molecular formula is C22H28BrNO3. The maximum absolute atomic E-state index is 12.5. The Balaban J connectivity index is 2.00. The van der Waals surface area contributed by atoms with Crippen LogP contribution in [0.1, 0.15) is 44.4 Å². The third-order valence-electron chi connectivity index (χ3n) is 4.32. The molecule has 2 aromatic carbocycles. The van der Waals surface area contributed by atoms with Crippen molar-refractivity contribution < 1.29 is 14.3 Å². The Morgan fingerprint density at radius 2 is 1.85 bits per heavy atom. The van der Waals surface area contributed by atoms with Gasteiger partial charge in [0, 0.05) is 0 Å². The zero-order valence-corrected chi connectivity index (χ0v) is 18.0. The molecule has 0 aliphatic rings. The van der Waals surface area contributed by atoms with Gasteiger partial charge >= 0.3 is 0 Å². The number of halogens is 1. The van der Waals surface area contributed by atoms with E-state index in [1.807, 2.05) is 42.5 Å². The molecule has 2 aromatic rings. The number of aryl methyl sites for hydroxylation is 1. The van der Waals surface area contributed by atoms with E-state index in [1.165, 1.54) is 5.56 Å². The molecule has 2 rings (SSSR count). The number of amides is 1. The summed E-state index contributed by atoms with van der Waals surface area (Å²) in [6.07, 6.45) is 1.81. The second-order valence-electron chi connectivity index (χ2n) is 6.93. The molecule has 0 unspecified atom stereocenters. The van der Waals surface area contributed by atoms with Crippen molar-refractivity contribution in [2.45, 2.75) is 39.7 Å². The Hall–Kier alpha value is -2.01. The van der Waals surface area contributed by atoms with Gasteiger partial charge in [0.25, 0.3) is 5.91 Å². The first-order valence-corrected chi connectivity index (χ1v) is 10.1. The molecule has 1 N–H and O–H groups in total. The third kappa shape index (κ3) is 6.58. The van der Waals surface area contributed by atoms with Crippen LogP contribution in [0, 0.1) is 5.92 Å². The minimum absolute atomic E-state index is 0.0190. The van der Waals surface area contributed by atoms with Gasteiger partial charge in [-0.05, 0) is 70.1 Å². The van der Waals surface area contributed by atoms with Gasteiger partial charge in [-0.15, -0.1) is 0 Å². The number of carbonyl (C=O) groups is 1. The fraction of sp³-hybridized carbons (Fsp3) is 0.409. The van der Waals surface area contributed by atoms with Gasteiger partial charge in [-0.3, -0.25) is 4.79 Å². The van der Waals surface area contributed by atoms with Crippen LogP contribution < -0.4 is 14.8 Å². The predicted octanol–water partition coefficient (Wildman–Crippen LogP) is 5.30. The van der Waals surface area contributed by atoms with Crippen molar-refractivity contribution >= 4 is 21.8 Å². The SMILES string of the molecule is CCc1ccc(OCC(=O)N[C@@H](CC(C)C)c2ccc(OC)cc2)c(Br)c1. The Labute approximate surface area is 170 Å². The molecule has 5 heteroatoms. The van der Waals surface area contributed by atoms with Gasteiger partial charge in [-0.2, -0.15) is 0 Å². The first-order valence-electron chi connectivity index (χ1n) is 9.27. The molecule has 0 bridgehead atoms. The van der Waals surface area contributed by atoms with E-state index in [2.05, 4.69) is 42.0 Å². The van der Waals surface area contributed by atoms with Crippen LogP contribution in [-0.4, -0.2) is 19.6 Å². The summed E-state index contributed by atoms with van der Waals surface area (Å²) in [7, 11) is 1.64. The Kier molecular flexibility index (Phi) is 8.17. The molecule has 1 amide bonds. The number of ether oxygens (including phenoxy) is 2. The summed E-state index contributed by atoms with van der Waals surface area (Å²) in [5, 5.41) is 3.09. The lowest BCUT2D eigenvalue weighted by atomic mass is 9.97. The third-order valence-corrected chi connectivity index (χ3v) is 4.94. The fourth-order valence-corrected chi connectivity index (χ4v) is 3.39. The molecule has 4 nitrogen and oxygen atoms in total. The number of hydrogen-bond acceptors (Lipinski definition) is 3. The largest absolute Gasteiger partial charge is 0.497 e. The fourth-order valence-electron chi connectivity index (χ4n) is 2.85. The molecule has 0 radical (unpaired) electrons.